The minimum atomic E-state index is -4.42. The van der Waals surface area contributed by atoms with E-state index in [4.69, 9.17) is 4.74 Å². The molecule has 0 radical (unpaired) electrons. The molecular weight excluding hydrogens is 279 g/mol. The van der Waals surface area contributed by atoms with Gasteiger partial charge in [0.05, 0.1) is 5.56 Å². The molecule has 0 aromatic heterocycles. The zero-order valence-electron chi connectivity index (χ0n) is 12.6. The van der Waals surface area contributed by atoms with Gasteiger partial charge < -0.3 is 10.1 Å². The highest BCUT2D eigenvalue weighted by Crippen LogP contribution is 2.36. The Hall–Kier alpha value is -1.49. The van der Waals surface area contributed by atoms with Gasteiger partial charge in [0.1, 0.15) is 12.4 Å². The lowest BCUT2D eigenvalue weighted by Gasteiger charge is -2.15. The number of halogens is 3. The normalized spacial score (nSPS) is 12.3. The molecule has 0 saturated carbocycles. The van der Waals surface area contributed by atoms with Gasteiger partial charge in [0.2, 0.25) is 0 Å². The number of nitrogens with one attached hydrogen (secondary N) is 1. The molecule has 0 atom stereocenters. The van der Waals surface area contributed by atoms with E-state index in [1.54, 1.807) is 25.1 Å². The highest BCUT2D eigenvalue weighted by atomic mass is 19.4. The van der Waals surface area contributed by atoms with Crippen LogP contribution in [-0.4, -0.2) is 13.2 Å². The third kappa shape index (κ3) is 6.21. The number of benzene rings is 1. The van der Waals surface area contributed by atoms with E-state index in [0.29, 0.717) is 18.0 Å². The van der Waals surface area contributed by atoms with E-state index < -0.39 is 11.7 Å². The van der Waals surface area contributed by atoms with Crippen LogP contribution in [0.4, 0.5) is 13.2 Å². The Kier molecular flexibility index (Phi) is 6.75. The van der Waals surface area contributed by atoms with Crippen LogP contribution in [-0.2, 0) is 12.7 Å². The van der Waals surface area contributed by atoms with Crippen molar-refractivity contribution in [2.45, 2.75) is 33.5 Å². The molecule has 1 N–H and O–H groups in total. The van der Waals surface area contributed by atoms with E-state index in [-0.39, 0.29) is 12.4 Å². The van der Waals surface area contributed by atoms with E-state index >= 15 is 0 Å². The molecular formula is C16H22F3NO. The number of rotatable bonds is 7. The topological polar surface area (TPSA) is 21.3 Å². The summed E-state index contributed by atoms with van der Waals surface area (Å²) in [5.74, 6) is 0.323. The second-order valence-electron chi connectivity index (χ2n) is 5.23. The van der Waals surface area contributed by atoms with Gasteiger partial charge in [-0.05, 0) is 37.1 Å². The Morgan fingerprint density at radius 1 is 1.29 bits per heavy atom. The van der Waals surface area contributed by atoms with Crippen LogP contribution >= 0.6 is 0 Å². The fraction of sp³-hybridized carbons (Fsp3) is 0.500. The number of alkyl halides is 3. The van der Waals surface area contributed by atoms with E-state index in [1.807, 2.05) is 13.8 Å². The van der Waals surface area contributed by atoms with Crippen molar-refractivity contribution < 1.29 is 17.9 Å². The molecule has 0 bridgehead atoms. The predicted octanol–water partition coefficient (Wildman–Crippen LogP) is 4.41. The van der Waals surface area contributed by atoms with E-state index in [9.17, 15) is 13.2 Å². The minimum Gasteiger partial charge on any atom is -0.489 e. The first-order valence-electron chi connectivity index (χ1n) is 6.99. The van der Waals surface area contributed by atoms with Gasteiger partial charge in [-0.1, -0.05) is 32.1 Å². The average Bonchev–Trinajstić information content (AvgIpc) is 2.38. The summed E-state index contributed by atoms with van der Waals surface area (Å²) in [6.45, 7) is 7.19. The third-order valence-electron chi connectivity index (χ3n) is 2.80. The Morgan fingerprint density at radius 3 is 2.57 bits per heavy atom. The molecule has 1 aromatic rings. The van der Waals surface area contributed by atoms with Crippen LogP contribution in [0.2, 0.25) is 0 Å². The molecule has 0 fully saturated rings. The van der Waals surface area contributed by atoms with Gasteiger partial charge in [0.25, 0.3) is 0 Å². The quantitative estimate of drug-likeness (QED) is 0.753. The first-order valence-corrected chi connectivity index (χ1v) is 6.99. The maximum atomic E-state index is 13.1. The van der Waals surface area contributed by atoms with Crippen LogP contribution in [0.5, 0.6) is 5.75 Å². The van der Waals surface area contributed by atoms with Crippen molar-refractivity contribution in [3.63, 3.8) is 0 Å². The van der Waals surface area contributed by atoms with Crippen molar-refractivity contribution in [3.05, 3.63) is 41.5 Å². The van der Waals surface area contributed by atoms with Crippen LogP contribution in [0.15, 0.2) is 30.4 Å². The summed E-state index contributed by atoms with van der Waals surface area (Å²) in [5, 5.41) is 3.13. The molecule has 5 heteroatoms. The Labute approximate surface area is 124 Å². The summed E-state index contributed by atoms with van der Waals surface area (Å²) in [7, 11) is 0. The molecule has 0 aliphatic heterocycles. The van der Waals surface area contributed by atoms with Gasteiger partial charge in [-0.3, -0.25) is 0 Å². The van der Waals surface area contributed by atoms with Crippen molar-refractivity contribution >= 4 is 0 Å². The monoisotopic (exact) mass is 301 g/mol. The molecule has 0 heterocycles. The van der Waals surface area contributed by atoms with Crippen LogP contribution in [0.1, 0.15) is 31.9 Å². The Morgan fingerprint density at radius 2 is 2.00 bits per heavy atom. The maximum Gasteiger partial charge on any atom is 0.419 e. The van der Waals surface area contributed by atoms with Crippen molar-refractivity contribution in [1.82, 2.24) is 5.32 Å². The molecule has 1 rings (SSSR count). The van der Waals surface area contributed by atoms with Crippen molar-refractivity contribution in [2.24, 2.45) is 5.92 Å². The summed E-state index contributed by atoms with van der Waals surface area (Å²) >= 11 is 0. The van der Waals surface area contributed by atoms with Crippen molar-refractivity contribution in [1.29, 1.82) is 0 Å². The molecule has 0 aliphatic rings. The predicted molar refractivity (Wildman–Crippen MR) is 78.3 cm³/mol. The van der Waals surface area contributed by atoms with Gasteiger partial charge in [-0.15, -0.1) is 0 Å². The molecule has 21 heavy (non-hydrogen) atoms. The van der Waals surface area contributed by atoms with E-state index in [1.165, 1.54) is 6.07 Å². The maximum absolute atomic E-state index is 13.1. The van der Waals surface area contributed by atoms with Gasteiger partial charge in [-0.25, -0.2) is 0 Å². The first-order chi connectivity index (χ1) is 9.84. The van der Waals surface area contributed by atoms with Gasteiger partial charge in [0.15, 0.2) is 0 Å². The molecule has 1 aromatic carbocycles. The first kappa shape index (κ1) is 17.6. The zero-order chi connectivity index (χ0) is 15.9. The summed E-state index contributed by atoms with van der Waals surface area (Å²) in [6.07, 6.45) is -1.02. The SMILES string of the molecule is CC=CCOc1ccc(CNCC(C)C)cc1C(F)(F)F. The number of hydrogen-bond donors (Lipinski definition) is 1. The van der Waals surface area contributed by atoms with Gasteiger partial charge in [0, 0.05) is 6.54 Å². The highest BCUT2D eigenvalue weighted by molar-refractivity contribution is 5.39. The average molecular weight is 301 g/mol. The van der Waals surface area contributed by atoms with Crippen molar-refractivity contribution in [3.8, 4) is 5.75 Å². The lowest BCUT2D eigenvalue weighted by Crippen LogP contribution is -2.19. The minimum absolute atomic E-state index is 0.129. The van der Waals surface area contributed by atoms with Crippen LogP contribution in [0, 0.1) is 5.92 Å². The summed E-state index contributed by atoms with van der Waals surface area (Å²) in [5.41, 5.74) is -0.128. The second kappa shape index (κ2) is 8.08. The number of hydrogen-bond acceptors (Lipinski definition) is 2. The molecule has 118 valence electrons. The van der Waals surface area contributed by atoms with Gasteiger partial charge >= 0.3 is 6.18 Å². The van der Waals surface area contributed by atoms with Crippen molar-refractivity contribution in [2.75, 3.05) is 13.2 Å². The lowest BCUT2D eigenvalue weighted by atomic mass is 10.1. The largest absolute Gasteiger partial charge is 0.489 e. The molecule has 0 amide bonds. The van der Waals surface area contributed by atoms with E-state index in [0.717, 1.165) is 12.6 Å². The summed E-state index contributed by atoms with van der Waals surface area (Å²) in [6, 6.07) is 4.20. The Balaban J connectivity index is 2.86. The molecule has 0 aliphatic carbocycles. The number of allylic oxidation sites excluding steroid dienone is 1. The second-order valence-corrected chi connectivity index (χ2v) is 5.23. The smallest absolute Gasteiger partial charge is 0.419 e. The number of ether oxygens (including phenoxy) is 1. The van der Waals surface area contributed by atoms with Gasteiger partial charge in [-0.2, -0.15) is 13.2 Å². The fourth-order valence-corrected chi connectivity index (χ4v) is 1.77. The molecule has 0 spiro atoms. The summed E-state index contributed by atoms with van der Waals surface area (Å²) < 4.78 is 44.4. The fourth-order valence-electron chi connectivity index (χ4n) is 1.77. The van der Waals surface area contributed by atoms with Crippen LogP contribution in [0.3, 0.4) is 0 Å². The molecule has 0 unspecified atom stereocenters. The Bertz CT molecular complexity index is 467. The van der Waals surface area contributed by atoms with E-state index in [2.05, 4.69) is 5.32 Å². The zero-order valence-corrected chi connectivity index (χ0v) is 12.6. The molecule has 2 nitrogen and oxygen atoms in total. The third-order valence-corrected chi connectivity index (χ3v) is 2.80. The molecule has 0 saturated heterocycles. The summed E-state index contributed by atoms with van der Waals surface area (Å²) in [4.78, 5) is 0. The standard InChI is InChI=1S/C16H22F3NO/c1-4-5-8-21-15-7-6-13(11-20-10-12(2)3)9-14(15)16(17,18)19/h4-7,9,12,20H,8,10-11H2,1-3H3. The highest BCUT2D eigenvalue weighted by Gasteiger charge is 2.34. The van der Waals surface area contributed by atoms with Crippen LogP contribution < -0.4 is 10.1 Å². The lowest BCUT2D eigenvalue weighted by molar-refractivity contribution is -0.138. The van der Waals surface area contributed by atoms with Crippen LogP contribution in [0.25, 0.3) is 0 Å².